The quantitative estimate of drug-likeness (QED) is 0.779. The highest BCUT2D eigenvalue weighted by atomic mass is 32.2. The molecule has 0 fully saturated rings. The van der Waals surface area contributed by atoms with Gasteiger partial charge in [0, 0.05) is 35.5 Å². The van der Waals surface area contributed by atoms with E-state index >= 15 is 0 Å². The van der Waals surface area contributed by atoms with Crippen LogP contribution in [0.15, 0.2) is 34.2 Å². The number of amides is 1. The number of ether oxygens (including phenoxy) is 2. The van der Waals surface area contributed by atoms with E-state index in [1.807, 2.05) is 20.8 Å². The molecule has 0 bridgehead atoms. The molecule has 0 radical (unpaired) electrons. The second-order valence-electron chi connectivity index (χ2n) is 7.98. The van der Waals surface area contributed by atoms with Gasteiger partial charge in [0.25, 0.3) is 5.56 Å². The zero-order valence-electron chi connectivity index (χ0n) is 16.2. The largest absolute Gasteiger partial charge is 0.486 e. The second-order valence-corrected chi connectivity index (χ2v) is 8.97. The maximum atomic E-state index is 12.8. The zero-order chi connectivity index (χ0) is 19.9. The molecule has 28 heavy (non-hydrogen) atoms. The van der Waals surface area contributed by atoms with Crippen molar-refractivity contribution in [2.75, 3.05) is 24.3 Å². The molecular formula is C20H23N3O4S. The van der Waals surface area contributed by atoms with Crippen molar-refractivity contribution in [1.82, 2.24) is 9.55 Å². The van der Waals surface area contributed by atoms with E-state index in [0.717, 1.165) is 5.69 Å². The Balaban J connectivity index is 1.50. The molecule has 0 spiro atoms. The van der Waals surface area contributed by atoms with E-state index in [2.05, 4.69) is 10.3 Å². The molecule has 2 aromatic rings. The number of hydrogen-bond acceptors (Lipinski definition) is 6. The summed E-state index contributed by atoms with van der Waals surface area (Å²) in [5.41, 5.74) is 1.12. The molecule has 1 N–H and O–H groups in total. The Hall–Kier alpha value is -2.48. The molecule has 7 nitrogen and oxygen atoms in total. The lowest BCUT2D eigenvalue weighted by molar-refractivity contribution is -0.119. The van der Waals surface area contributed by atoms with Gasteiger partial charge in [-0.15, -0.1) is 0 Å². The smallest absolute Gasteiger partial charge is 0.254 e. The van der Waals surface area contributed by atoms with E-state index in [1.165, 1.54) is 11.8 Å². The van der Waals surface area contributed by atoms with Gasteiger partial charge in [-0.2, -0.15) is 0 Å². The van der Waals surface area contributed by atoms with Gasteiger partial charge in [-0.05, 0) is 12.1 Å². The third-order valence-corrected chi connectivity index (χ3v) is 5.88. The first-order valence-electron chi connectivity index (χ1n) is 9.27. The summed E-state index contributed by atoms with van der Waals surface area (Å²) < 4.78 is 12.7. The first kappa shape index (κ1) is 18.9. The van der Waals surface area contributed by atoms with Gasteiger partial charge in [-0.3, -0.25) is 14.2 Å². The molecule has 1 aromatic heterocycles. The van der Waals surface area contributed by atoms with Crippen LogP contribution in [0.5, 0.6) is 11.5 Å². The molecule has 8 heteroatoms. The van der Waals surface area contributed by atoms with Crippen LogP contribution in [0.4, 0.5) is 5.69 Å². The van der Waals surface area contributed by atoms with Crippen molar-refractivity contribution in [3.63, 3.8) is 0 Å². The fourth-order valence-electron chi connectivity index (χ4n) is 3.12. The number of carbonyl (C=O) groups is 1. The Bertz CT molecular complexity index is 980. The van der Waals surface area contributed by atoms with Crippen LogP contribution in [-0.2, 0) is 16.8 Å². The number of thioether (sulfide) groups is 1. The number of nitrogens with zero attached hydrogens (tertiary/aromatic N) is 2. The summed E-state index contributed by atoms with van der Waals surface area (Å²) in [4.78, 5) is 30.0. The van der Waals surface area contributed by atoms with Crippen LogP contribution in [-0.4, -0.2) is 34.4 Å². The summed E-state index contributed by atoms with van der Waals surface area (Å²) in [6.45, 7) is 7.44. The van der Waals surface area contributed by atoms with Crippen LogP contribution in [0.25, 0.3) is 0 Å². The van der Waals surface area contributed by atoms with Crippen LogP contribution in [0.2, 0.25) is 0 Å². The molecule has 0 saturated carbocycles. The minimum absolute atomic E-state index is 0.112. The van der Waals surface area contributed by atoms with E-state index in [1.54, 1.807) is 28.8 Å². The van der Waals surface area contributed by atoms with Crippen molar-refractivity contribution in [2.45, 2.75) is 37.9 Å². The summed E-state index contributed by atoms with van der Waals surface area (Å²) in [6, 6.07) is 6.92. The minimum atomic E-state index is -0.314. The van der Waals surface area contributed by atoms with Crippen molar-refractivity contribution in [2.24, 2.45) is 5.92 Å². The number of nitrogens with one attached hydrogen (secondary N) is 1. The number of carbonyl (C=O) groups excluding carboxylic acids is 1. The highest BCUT2D eigenvalue weighted by Crippen LogP contribution is 2.33. The van der Waals surface area contributed by atoms with Gasteiger partial charge in [0.05, 0.1) is 11.6 Å². The highest BCUT2D eigenvalue weighted by molar-refractivity contribution is 7.99. The Labute approximate surface area is 167 Å². The van der Waals surface area contributed by atoms with Crippen molar-refractivity contribution >= 4 is 23.4 Å². The number of aromatic nitrogens is 2. The molecule has 2 aliphatic heterocycles. The van der Waals surface area contributed by atoms with Gasteiger partial charge >= 0.3 is 0 Å². The summed E-state index contributed by atoms with van der Waals surface area (Å²) in [7, 11) is 0. The van der Waals surface area contributed by atoms with Crippen molar-refractivity contribution in [3.05, 3.63) is 40.3 Å². The van der Waals surface area contributed by atoms with Gasteiger partial charge in [-0.1, -0.05) is 32.5 Å². The van der Waals surface area contributed by atoms with Gasteiger partial charge in [0.2, 0.25) is 5.91 Å². The number of hydrogen-bond donors (Lipinski definition) is 1. The van der Waals surface area contributed by atoms with Gasteiger partial charge < -0.3 is 14.8 Å². The van der Waals surface area contributed by atoms with Gasteiger partial charge in [-0.25, -0.2) is 4.98 Å². The Morgan fingerprint density at radius 3 is 2.71 bits per heavy atom. The molecule has 3 heterocycles. The Morgan fingerprint density at radius 1 is 1.21 bits per heavy atom. The molecule has 1 amide bonds. The Kier molecular flexibility index (Phi) is 4.82. The molecule has 0 saturated heterocycles. The first-order valence-corrected chi connectivity index (χ1v) is 10.3. The van der Waals surface area contributed by atoms with Crippen LogP contribution in [0.1, 0.15) is 26.5 Å². The maximum Gasteiger partial charge on any atom is 0.254 e. The summed E-state index contributed by atoms with van der Waals surface area (Å²) >= 11 is 1.45. The van der Waals surface area contributed by atoms with E-state index in [0.29, 0.717) is 47.9 Å². The van der Waals surface area contributed by atoms with E-state index in [4.69, 9.17) is 9.47 Å². The van der Waals surface area contributed by atoms with Gasteiger partial charge in [0.15, 0.2) is 16.7 Å². The standard InChI is InChI=1S/C20H23N3O4S/c1-20(2,3)16-9-17(24)23-10-12(11-28-19(23)22-16)18(25)21-13-4-5-14-15(8-13)27-7-6-26-14/h4-5,8-9,12H,6-7,10-11H2,1-3H3,(H,21,25). The first-order chi connectivity index (χ1) is 13.3. The monoisotopic (exact) mass is 401 g/mol. The molecule has 1 atom stereocenters. The summed E-state index contributed by atoms with van der Waals surface area (Å²) in [5, 5.41) is 3.61. The van der Waals surface area contributed by atoms with E-state index in [-0.39, 0.29) is 22.8 Å². The van der Waals surface area contributed by atoms with Gasteiger partial charge in [0.1, 0.15) is 13.2 Å². The van der Waals surface area contributed by atoms with Crippen molar-refractivity contribution in [1.29, 1.82) is 0 Å². The zero-order valence-corrected chi connectivity index (χ0v) is 17.0. The number of anilines is 1. The predicted molar refractivity (Wildman–Crippen MR) is 107 cm³/mol. The minimum Gasteiger partial charge on any atom is -0.486 e. The SMILES string of the molecule is CC(C)(C)c1cc(=O)n2c(n1)SCC(C(=O)Nc1ccc3c(c1)OCCO3)C2. The third-order valence-electron chi connectivity index (χ3n) is 4.74. The summed E-state index contributed by atoms with van der Waals surface area (Å²) in [5.74, 6) is 1.45. The fourth-order valence-corrected chi connectivity index (χ4v) is 4.21. The van der Waals surface area contributed by atoms with E-state index in [9.17, 15) is 9.59 Å². The third kappa shape index (κ3) is 3.73. The van der Waals surface area contributed by atoms with Crippen LogP contribution in [0.3, 0.4) is 0 Å². The lowest BCUT2D eigenvalue weighted by Crippen LogP contribution is -2.37. The average Bonchev–Trinajstić information content (AvgIpc) is 2.67. The molecule has 1 aromatic carbocycles. The molecule has 0 aliphatic carbocycles. The Morgan fingerprint density at radius 2 is 1.96 bits per heavy atom. The maximum absolute atomic E-state index is 12.8. The van der Waals surface area contributed by atoms with Crippen LogP contribution in [0, 0.1) is 5.92 Å². The second kappa shape index (κ2) is 7.16. The lowest BCUT2D eigenvalue weighted by Gasteiger charge is -2.26. The lowest BCUT2D eigenvalue weighted by atomic mass is 9.92. The molecule has 148 valence electrons. The van der Waals surface area contributed by atoms with Crippen LogP contribution < -0.4 is 20.3 Å². The highest BCUT2D eigenvalue weighted by Gasteiger charge is 2.29. The normalized spacial score (nSPS) is 18.3. The number of rotatable bonds is 2. The fraction of sp³-hybridized carbons (Fsp3) is 0.450. The van der Waals surface area contributed by atoms with Crippen molar-refractivity contribution in [3.8, 4) is 11.5 Å². The number of fused-ring (bicyclic) bond motifs is 2. The van der Waals surface area contributed by atoms with Crippen molar-refractivity contribution < 1.29 is 14.3 Å². The van der Waals surface area contributed by atoms with E-state index < -0.39 is 0 Å². The topological polar surface area (TPSA) is 82.5 Å². The molecular weight excluding hydrogens is 378 g/mol. The number of benzene rings is 1. The molecule has 4 rings (SSSR count). The van der Waals surface area contributed by atoms with Crippen LogP contribution >= 0.6 is 11.8 Å². The predicted octanol–water partition coefficient (Wildman–Crippen LogP) is 2.67. The average molecular weight is 401 g/mol. The molecule has 1 unspecified atom stereocenters. The molecule has 2 aliphatic rings. The summed E-state index contributed by atoms with van der Waals surface area (Å²) in [6.07, 6.45) is 0.